The Morgan fingerprint density at radius 1 is 1.41 bits per heavy atom. The predicted molar refractivity (Wildman–Crippen MR) is 67.1 cm³/mol. The second kappa shape index (κ2) is 4.86. The van der Waals surface area contributed by atoms with Gasteiger partial charge in [0, 0.05) is 32.3 Å². The summed E-state index contributed by atoms with van der Waals surface area (Å²) in [6.07, 6.45) is 3.26. The average molecular weight is 232 g/mol. The number of aryl methyl sites for hydroxylation is 1. The lowest BCUT2D eigenvalue weighted by atomic mass is 10.2. The molecular formula is C12H16N4O. The molecule has 2 heterocycles. The molecule has 0 aliphatic heterocycles. The van der Waals surface area contributed by atoms with Crippen LogP contribution in [0, 0.1) is 6.92 Å². The molecule has 0 bridgehead atoms. The maximum atomic E-state index is 5.27. The Morgan fingerprint density at radius 2 is 2.24 bits per heavy atom. The summed E-state index contributed by atoms with van der Waals surface area (Å²) in [5.41, 5.74) is 1.16. The summed E-state index contributed by atoms with van der Waals surface area (Å²) in [6, 6.07) is 3.89. The van der Waals surface area contributed by atoms with E-state index in [4.69, 9.17) is 4.42 Å². The van der Waals surface area contributed by atoms with Crippen LogP contribution >= 0.6 is 0 Å². The summed E-state index contributed by atoms with van der Waals surface area (Å²) < 4.78 is 5.27. The molecule has 0 aliphatic rings. The molecule has 17 heavy (non-hydrogen) atoms. The molecule has 0 aliphatic carbocycles. The Balaban J connectivity index is 2.14. The smallest absolute Gasteiger partial charge is 0.134 e. The monoisotopic (exact) mass is 232 g/mol. The third-order valence-corrected chi connectivity index (χ3v) is 2.67. The van der Waals surface area contributed by atoms with Gasteiger partial charge in [-0.25, -0.2) is 9.97 Å². The number of nitrogens with zero attached hydrogens (tertiary/aromatic N) is 3. The summed E-state index contributed by atoms with van der Waals surface area (Å²) in [7, 11) is 3.83. The van der Waals surface area contributed by atoms with Crippen molar-refractivity contribution >= 4 is 11.6 Å². The van der Waals surface area contributed by atoms with Crippen LogP contribution in [0.25, 0.3) is 0 Å². The highest BCUT2D eigenvalue weighted by Gasteiger charge is 2.08. The fourth-order valence-electron chi connectivity index (χ4n) is 1.60. The van der Waals surface area contributed by atoms with Crippen LogP contribution in [0.5, 0.6) is 0 Å². The highest BCUT2D eigenvalue weighted by Crippen LogP contribution is 2.17. The van der Waals surface area contributed by atoms with E-state index >= 15 is 0 Å². The standard InChI is InChI=1S/C12H16N4O/c1-9-10(4-5-17-9)7-16(3)12-6-11(13-2)14-8-15-12/h4-6,8H,7H2,1-3H3,(H,13,14,15). The molecule has 1 N–H and O–H groups in total. The second-order valence-corrected chi connectivity index (χ2v) is 3.87. The van der Waals surface area contributed by atoms with Gasteiger partial charge < -0.3 is 14.6 Å². The summed E-state index contributed by atoms with van der Waals surface area (Å²) in [4.78, 5) is 10.4. The first kappa shape index (κ1) is 11.4. The van der Waals surface area contributed by atoms with Crippen molar-refractivity contribution in [2.75, 3.05) is 24.3 Å². The largest absolute Gasteiger partial charge is 0.469 e. The van der Waals surface area contributed by atoms with Gasteiger partial charge >= 0.3 is 0 Å². The summed E-state index contributed by atoms with van der Waals surface area (Å²) >= 11 is 0. The summed E-state index contributed by atoms with van der Waals surface area (Å²) in [6.45, 7) is 2.73. The zero-order chi connectivity index (χ0) is 12.3. The topological polar surface area (TPSA) is 54.2 Å². The molecule has 0 saturated carbocycles. The van der Waals surface area contributed by atoms with Crippen molar-refractivity contribution in [3.8, 4) is 0 Å². The highest BCUT2D eigenvalue weighted by molar-refractivity contribution is 5.47. The third-order valence-electron chi connectivity index (χ3n) is 2.67. The number of rotatable bonds is 4. The molecule has 2 aromatic heterocycles. The van der Waals surface area contributed by atoms with Crippen molar-refractivity contribution < 1.29 is 4.42 Å². The van der Waals surface area contributed by atoms with Crippen LogP contribution in [-0.4, -0.2) is 24.1 Å². The van der Waals surface area contributed by atoms with Crippen molar-refractivity contribution in [3.63, 3.8) is 0 Å². The van der Waals surface area contributed by atoms with Crippen LogP contribution in [-0.2, 0) is 6.54 Å². The van der Waals surface area contributed by atoms with Gasteiger partial charge in [0.15, 0.2) is 0 Å². The van der Waals surface area contributed by atoms with E-state index in [2.05, 4.69) is 20.2 Å². The molecule has 90 valence electrons. The van der Waals surface area contributed by atoms with E-state index in [0.717, 1.165) is 29.5 Å². The first-order chi connectivity index (χ1) is 8.20. The van der Waals surface area contributed by atoms with Gasteiger partial charge in [-0.2, -0.15) is 0 Å². The number of nitrogens with one attached hydrogen (secondary N) is 1. The Hall–Kier alpha value is -2.04. The van der Waals surface area contributed by atoms with Crippen LogP contribution in [0.1, 0.15) is 11.3 Å². The minimum atomic E-state index is 0.766. The molecule has 0 unspecified atom stereocenters. The van der Waals surface area contributed by atoms with Crippen LogP contribution in [0.15, 0.2) is 29.1 Å². The van der Waals surface area contributed by atoms with Gasteiger partial charge in [0.05, 0.1) is 6.26 Å². The van der Waals surface area contributed by atoms with Crippen LogP contribution < -0.4 is 10.2 Å². The minimum Gasteiger partial charge on any atom is -0.469 e. The normalized spacial score (nSPS) is 10.3. The molecular weight excluding hydrogens is 216 g/mol. The molecule has 2 rings (SSSR count). The van der Waals surface area contributed by atoms with E-state index in [1.165, 1.54) is 0 Å². The number of hydrogen-bond acceptors (Lipinski definition) is 5. The highest BCUT2D eigenvalue weighted by atomic mass is 16.3. The molecule has 0 atom stereocenters. The second-order valence-electron chi connectivity index (χ2n) is 3.87. The first-order valence-electron chi connectivity index (χ1n) is 5.44. The van der Waals surface area contributed by atoms with Crippen molar-refractivity contribution in [2.45, 2.75) is 13.5 Å². The van der Waals surface area contributed by atoms with Gasteiger partial charge in [-0.15, -0.1) is 0 Å². The molecule has 0 saturated heterocycles. The van der Waals surface area contributed by atoms with Gasteiger partial charge in [0.25, 0.3) is 0 Å². The van der Waals surface area contributed by atoms with E-state index < -0.39 is 0 Å². The summed E-state index contributed by atoms with van der Waals surface area (Å²) in [5, 5.41) is 3.00. The zero-order valence-electron chi connectivity index (χ0n) is 10.3. The Labute approximate surface area is 100 Å². The molecule has 5 heteroatoms. The Kier molecular flexibility index (Phi) is 3.27. The fraction of sp³-hybridized carbons (Fsp3) is 0.333. The van der Waals surface area contributed by atoms with E-state index in [1.54, 1.807) is 12.6 Å². The minimum absolute atomic E-state index is 0.766. The number of anilines is 2. The number of aromatic nitrogens is 2. The molecule has 5 nitrogen and oxygen atoms in total. The molecule has 0 amide bonds. The maximum absolute atomic E-state index is 5.27. The lowest BCUT2D eigenvalue weighted by Gasteiger charge is -2.17. The average Bonchev–Trinajstić information content (AvgIpc) is 2.75. The van der Waals surface area contributed by atoms with Gasteiger partial charge in [-0.3, -0.25) is 0 Å². The third kappa shape index (κ3) is 2.55. The van der Waals surface area contributed by atoms with Crippen molar-refractivity contribution in [3.05, 3.63) is 36.0 Å². The lowest BCUT2D eigenvalue weighted by Crippen LogP contribution is -2.18. The maximum Gasteiger partial charge on any atom is 0.134 e. The van der Waals surface area contributed by atoms with Gasteiger partial charge in [0.2, 0.25) is 0 Å². The first-order valence-corrected chi connectivity index (χ1v) is 5.44. The lowest BCUT2D eigenvalue weighted by molar-refractivity contribution is 0.529. The summed E-state index contributed by atoms with van der Waals surface area (Å²) in [5.74, 6) is 2.63. The van der Waals surface area contributed by atoms with Crippen LogP contribution in [0.2, 0.25) is 0 Å². The Bertz CT molecular complexity index is 495. The molecule has 0 fully saturated rings. The van der Waals surface area contributed by atoms with E-state index in [9.17, 15) is 0 Å². The molecule has 0 radical (unpaired) electrons. The fourth-order valence-corrected chi connectivity index (χ4v) is 1.60. The van der Waals surface area contributed by atoms with Crippen molar-refractivity contribution in [1.29, 1.82) is 0 Å². The Morgan fingerprint density at radius 3 is 2.88 bits per heavy atom. The zero-order valence-corrected chi connectivity index (χ0v) is 10.3. The van der Waals surface area contributed by atoms with Crippen molar-refractivity contribution in [2.24, 2.45) is 0 Å². The molecule has 0 spiro atoms. The van der Waals surface area contributed by atoms with E-state index in [0.29, 0.717) is 0 Å². The van der Waals surface area contributed by atoms with Gasteiger partial charge in [-0.1, -0.05) is 0 Å². The van der Waals surface area contributed by atoms with Crippen LogP contribution in [0.4, 0.5) is 11.6 Å². The van der Waals surface area contributed by atoms with Gasteiger partial charge in [0.1, 0.15) is 23.7 Å². The molecule has 0 aromatic carbocycles. The quantitative estimate of drug-likeness (QED) is 0.874. The molecule has 2 aromatic rings. The number of furan rings is 1. The van der Waals surface area contributed by atoms with Gasteiger partial charge in [-0.05, 0) is 13.0 Å². The van der Waals surface area contributed by atoms with E-state index in [-0.39, 0.29) is 0 Å². The SMILES string of the molecule is CNc1cc(N(C)Cc2ccoc2C)ncn1. The van der Waals surface area contributed by atoms with E-state index in [1.807, 2.05) is 33.2 Å². The number of hydrogen-bond donors (Lipinski definition) is 1. The predicted octanol–water partition coefficient (Wildman–Crippen LogP) is 2.06. The van der Waals surface area contributed by atoms with Crippen LogP contribution in [0.3, 0.4) is 0 Å². The van der Waals surface area contributed by atoms with Crippen molar-refractivity contribution in [1.82, 2.24) is 9.97 Å².